The van der Waals surface area contributed by atoms with Gasteiger partial charge in [-0.2, -0.15) is 0 Å². The Kier molecular flexibility index (Phi) is 4.78. The van der Waals surface area contributed by atoms with Crippen LogP contribution in [-0.2, 0) is 0 Å². The van der Waals surface area contributed by atoms with Gasteiger partial charge in [-0.05, 0) is 55.6 Å². The van der Waals surface area contributed by atoms with Gasteiger partial charge in [-0.25, -0.2) is 0 Å². The van der Waals surface area contributed by atoms with Gasteiger partial charge in [0.25, 0.3) is 0 Å². The van der Waals surface area contributed by atoms with Crippen LogP contribution in [0, 0.1) is 0 Å². The summed E-state index contributed by atoms with van der Waals surface area (Å²) in [4.78, 5) is 0.674. The monoisotopic (exact) mass is 430 g/mol. The Hall–Kier alpha value is -0.570. The molecule has 1 heterocycles. The van der Waals surface area contributed by atoms with E-state index < -0.39 is 12.5 Å². The maximum Gasteiger partial charge on any atom is 0.573 e. The van der Waals surface area contributed by atoms with Crippen LogP contribution in [0.5, 0.6) is 5.75 Å². The molecule has 0 aliphatic heterocycles. The summed E-state index contributed by atoms with van der Waals surface area (Å²) in [7, 11) is 0. The molecule has 1 aromatic carbocycles. The highest BCUT2D eigenvalue weighted by atomic mass is 79.9. The lowest BCUT2D eigenvalue weighted by molar-refractivity contribution is -0.274. The van der Waals surface area contributed by atoms with E-state index in [1.165, 1.54) is 35.6 Å². The van der Waals surface area contributed by atoms with E-state index in [0.717, 1.165) is 8.26 Å². The van der Waals surface area contributed by atoms with Crippen molar-refractivity contribution in [2.24, 2.45) is 0 Å². The number of benzene rings is 1. The van der Waals surface area contributed by atoms with E-state index in [9.17, 15) is 18.3 Å². The Morgan fingerprint density at radius 1 is 1.15 bits per heavy atom. The molecule has 0 amide bonds. The quantitative estimate of drug-likeness (QED) is 0.718. The third-order valence-electron chi connectivity index (χ3n) is 2.36. The fourth-order valence-electron chi connectivity index (χ4n) is 1.51. The van der Waals surface area contributed by atoms with Crippen LogP contribution in [-0.4, -0.2) is 11.5 Å². The van der Waals surface area contributed by atoms with Crippen LogP contribution >= 0.6 is 43.2 Å². The highest BCUT2D eigenvalue weighted by Gasteiger charge is 2.31. The number of alkyl halides is 3. The molecule has 0 bridgehead atoms. The first-order valence-corrected chi connectivity index (χ1v) is 7.65. The minimum absolute atomic E-state index is 0.318. The number of rotatable bonds is 3. The van der Waals surface area contributed by atoms with Gasteiger partial charge in [0.1, 0.15) is 11.9 Å². The summed E-state index contributed by atoms with van der Waals surface area (Å²) < 4.78 is 41.5. The van der Waals surface area contributed by atoms with E-state index in [1.54, 1.807) is 6.07 Å². The van der Waals surface area contributed by atoms with Crippen molar-refractivity contribution in [3.63, 3.8) is 0 Å². The smallest absolute Gasteiger partial charge is 0.406 e. The van der Waals surface area contributed by atoms with Gasteiger partial charge in [-0.3, -0.25) is 0 Å². The molecule has 0 aliphatic rings. The summed E-state index contributed by atoms with van der Waals surface area (Å²) in [5.41, 5.74) is 0.487. The summed E-state index contributed by atoms with van der Waals surface area (Å²) in [6.07, 6.45) is -5.62. The highest BCUT2D eigenvalue weighted by molar-refractivity contribution is 9.13. The number of hydrogen-bond donors (Lipinski definition) is 1. The van der Waals surface area contributed by atoms with Crippen LogP contribution in [0.2, 0.25) is 0 Å². The molecule has 0 spiro atoms. The number of halogens is 5. The van der Waals surface area contributed by atoms with Gasteiger partial charge in [0, 0.05) is 9.35 Å². The van der Waals surface area contributed by atoms with Crippen LogP contribution in [0.4, 0.5) is 13.2 Å². The summed E-state index contributed by atoms with van der Waals surface area (Å²) in [5, 5.41) is 10.2. The number of ether oxygens (including phenoxy) is 1. The SMILES string of the molecule is OC(c1ccc(OC(F)(F)F)cc1)c1cc(Br)c(Br)s1. The number of thiophene rings is 1. The molecule has 0 radical (unpaired) electrons. The first-order chi connectivity index (χ1) is 9.26. The molecule has 1 N–H and O–H groups in total. The van der Waals surface area contributed by atoms with Gasteiger partial charge in [-0.15, -0.1) is 24.5 Å². The Balaban J connectivity index is 2.17. The second-order valence-corrected chi connectivity index (χ2v) is 7.05. The fraction of sp³-hybridized carbons (Fsp3) is 0.167. The lowest BCUT2D eigenvalue weighted by Gasteiger charge is -2.11. The third-order valence-corrected chi connectivity index (χ3v) is 5.67. The van der Waals surface area contributed by atoms with E-state index in [4.69, 9.17) is 0 Å². The predicted octanol–water partition coefficient (Wildman–Crippen LogP) is 5.25. The molecule has 1 aromatic heterocycles. The minimum Gasteiger partial charge on any atom is -0.406 e. The lowest BCUT2D eigenvalue weighted by Crippen LogP contribution is -2.17. The molecule has 2 aromatic rings. The van der Waals surface area contributed by atoms with Crippen LogP contribution in [0.3, 0.4) is 0 Å². The second kappa shape index (κ2) is 6.05. The largest absolute Gasteiger partial charge is 0.573 e. The van der Waals surface area contributed by atoms with E-state index in [2.05, 4.69) is 36.6 Å². The standard InChI is InChI=1S/C12H7Br2F3O2S/c13-8-5-9(20-11(8)14)10(18)6-1-3-7(4-2-6)19-12(15,16)17/h1-5,10,18H. The zero-order chi connectivity index (χ0) is 14.9. The van der Waals surface area contributed by atoms with Crippen molar-refractivity contribution in [3.05, 3.63) is 49.0 Å². The van der Waals surface area contributed by atoms with Crippen LogP contribution in [0.1, 0.15) is 16.5 Å². The Morgan fingerprint density at radius 3 is 2.20 bits per heavy atom. The molecule has 2 rings (SSSR count). The topological polar surface area (TPSA) is 29.5 Å². The predicted molar refractivity (Wildman–Crippen MR) is 76.9 cm³/mol. The van der Waals surface area contributed by atoms with Crippen LogP contribution < -0.4 is 4.74 Å². The van der Waals surface area contributed by atoms with E-state index in [-0.39, 0.29) is 5.75 Å². The molecule has 0 saturated carbocycles. The zero-order valence-electron chi connectivity index (χ0n) is 9.62. The van der Waals surface area contributed by atoms with E-state index in [0.29, 0.717) is 10.4 Å². The Bertz CT molecular complexity index is 576. The summed E-state index contributed by atoms with van der Waals surface area (Å²) >= 11 is 7.97. The maximum atomic E-state index is 12.0. The molecule has 0 aliphatic carbocycles. The molecule has 1 unspecified atom stereocenters. The van der Waals surface area contributed by atoms with Crippen LogP contribution in [0.25, 0.3) is 0 Å². The van der Waals surface area contributed by atoms with Crippen molar-refractivity contribution in [2.45, 2.75) is 12.5 Å². The minimum atomic E-state index is -4.72. The molecular weight excluding hydrogens is 425 g/mol. The van der Waals surface area contributed by atoms with Crippen molar-refractivity contribution in [1.82, 2.24) is 0 Å². The fourth-order valence-corrected chi connectivity index (χ4v) is 3.62. The van der Waals surface area contributed by atoms with Gasteiger partial charge in [0.2, 0.25) is 0 Å². The second-order valence-electron chi connectivity index (χ2n) is 3.79. The average Bonchev–Trinajstić information content (AvgIpc) is 2.68. The first kappa shape index (κ1) is 15.8. The molecule has 0 saturated heterocycles. The van der Waals surface area contributed by atoms with Crippen molar-refractivity contribution < 1.29 is 23.0 Å². The molecule has 1 atom stereocenters. The van der Waals surface area contributed by atoms with Gasteiger partial charge in [0.15, 0.2) is 0 Å². The van der Waals surface area contributed by atoms with Crippen molar-refractivity contribution >= 4 is 43.2 Å². The van der Waals surface area contributed by atoms with Crippen molar-refractivity contribution in [2.75, 3.05) is 0 Å². The molecular formula is C12H7Br2F3O2S. The Morgan fingerprint density at radius 2 is 1.75 bits per heavy atom. The van der Waals surface area contributed by atoms with Gasteiger partial charge < -0.3 is 9.84 Å². The first-order valence-electron chi connectivity index (χ1n) is 5.25. The summed E-state index contributed by atoms with van der Waals surface area (Å²) in [6, 6.07) is 6.88. The lowest BCUT2D eigenvalue weighted by atomic mass is 10.1. The van der Waals surface area contributed by atoms with Gasteiger partial charge in [-0.1, -0.05) is 12.1 Å². The van der Waals surface area contributed by atoms with Crippen molar-refractivity contribution in [3.8, 4) is 5.75 Å². The zero-order valence-corrected chi connectivity index (χ0v) is 13.6. The Labute approximate surface area is 133 Å². The molecule has 2 nitrogen and oxygen atoms in total. The molecule has 108 valence electrons. The normalized spacial score (nSPS) is 13.3. The summed E-state index contributed by atoms with van der Waals surface area (Å²) in [5.74, 6) is -0.318. The molecule has 0 fully saturated rings. The number of aliphatic hydroxyl groups is 1. The van der Waals surface area contributed by atoms with Crippen molar-refractivity contribution in [1.29, 1.82) is 0 Å². The van der Waals surface area contributed by atoms with Gasteiger partial charge in [0.05, 0.1) is 3.79 Å². The van der Waals surface area contributed by atoms with E-state index >= 15 is 0 Å². The summed E-state index contributed by atoms with van der Waals surface area (Å²) in [6.45, 7) is 0. The highest BCUT2D eigenvalue weighted by Crippen LogP contribution is 2.37. The third kappa shape index (κ3) is 3.97. The number of hydrogen-bond acceptors (Lipinski definition) is 3. The van der Waals surface area contributed by atoms with E-state index in [1.807, 2.05) is 0 Å². The number of aliphatic hydroxyl groups excluding tert-OH is 1. The average molecular weight is 432 g/mol. The van der Waals surface area contributed by atoms with Gasteiger partial charge >= 0.3 is 6.36 Å². The maximum absolute atomic E-state index is 12.0. The molecule has 8 heteroatoms. The van der Waals surface area contributed by atoms with Crippen LogP contribution in [0.15, 0.2) is 38.6 Å². The molecule has 20 heavy (non-hydrogen) atoms.